The van der Waals surface area contributed by atoms with Crippen LogP contribution in [0.5, 0.6) is 0 Å². The van der Waals surface area contributed by atoms with Crippen LogP contribution in [0, 0.1) is 5.92 Å². The third kappa shape index (κ3) is 2.17. The molecule has 0 bridgehead atoms. The molecule has 1 aliphatic heterocycles. The average molecular weight is 160 g/mol. The van der Waals surface area contributed by atoms with Gasteiger partial charge in [0, 0.05) is 0 Å². The van der Waals surface area contributed by atoms with Crippen LogP contribution in [0.15, 0.2) is 0 Å². The molecule has 0 saturated carbocycles. The average Bonchev–Trinajstić information content (AvgIpc) is 2.05. The maximum atomic E-state index is 9.47. The number of rotatable bonds is 2. The third-order valence-corrected chi connectivity index (χ3v) is 3.28. The minimum atomic E-state index is -0.0269. The molecule has 0 radical (unpaired) electrons. The lowest BCUT2D eigenvalue weighted by Crippen LogP contribution is -2.23. The first kappa shape index (κ1) is 8.41. The van der Waals surface area contributed by atoms with Gasteiger partial charge in [-0.25, -0.2) is 0 Å². The lowest BCUT2D eigenvalue weighted by Gasteiger charge is -2.25. The molecule has 0 aromatic carbocycles. The molecule has 1 aliphatic rings. The van der Waals surface area contributed by atoms with E-state index >= 15 is 0 Å². The number of aliphatic hydroxyl groups is 1. The second-order valence-electron chi connectivity index (χ2n) is 2.93. The van der Waals surface area contributed by atoms with E-state index < -0.39 is 0 Å². The van der Waals surface area contributed by atoms with Crippen LogP contribution in [0.4, 0.5) is 0 Å². The fourth-order valence-electron chi connectivity index (χ4n) is 1.43. The lowest BCUT2D eigenvalue weighted by atomic mass is 9.94. The summed E-state index contributed by atoms with van der Waals surface area (Å²) in [6, 6.07) is 0. The minimum absolute atomic E-state index is 0.0269. The Hall–Kier alpha value is 0.310. The molecule has 1 rings (SSSR count). The first-order valence-electron chi connectivity index (χ1n) is 4.10. The standard InChI is InChI=1S/C8H16OS/c1-2-8(9)7-3-5-10-6-4-7/h7-9H,2-6H2,1H3. The zero-order valence-electron chi connectivity index (χ0n) is 6.55. The summed E-state index contributed by atoms with van der Waals surface area (Å²) in [6.45, 7) is 2.06. The second-order valence-corrected chi connectivity index (χ2v) is 4.15. The highest BCUT2D eigenvalue weighted by Gasteiger charge is 2.19. The van der Waals surface area contributed by atoms with Gasteiger partial charge in [-0.15, -0.1) is 0 Å². The normalized spacial score (nSPS) is 24.6. The summed E-state index contributed by atoms with van der Waals surface area (Å²) in [4.78, 5) is 0. The van der Waals surface area contributed by atoms with Crippen LogP contribution >= 0.6 is 11.8 Å². The summed E-state index contributed by atoms with van der Waals surface area (Å²) in [5.74, 6) is 3.11. The van der Waals surface area contributed by atoms with Crippen molar-refractivity contribution in [3.63, 3.8) is 0 Å². The van der Waals surface area contributed by atoms with Crippen LogP contribution in [0.1, 0.15) is 26.2 Å². The Morgan fingerprint density at radius 3 is 2.60 bits per heavy atom. The van der Waals surface area contributed by atoms with Crippen LogP contribution in [-0.2, 0) is 0 Å². The number of thioether (sulfide) groups is 1. The molecule has 0 aliphatic carbocycles. The lowest BCUT2D eigenvalue weighted by molar-refractivity contribution is 0.0988. The van der Waals surface area contributed by atoms with E-state index in [1.807, 2.05) is 11.8 Å². The molecule has 1 N–H and O–H groups in total. The van der Waals surface area contributed by atoms with Gasteiger partial charge in [0.25, 0.3) is 0 Å². The highest BCUT2D eigenvalue weighted by atomic mass is 32.2. The molecule has 0 aromatic rings. The summed E-state index contributed by atoms with van der Waals surface area (Å²) in [5, 5.41) is 9.47. The SMILES string of the molecule is CCC(O)C1CCSCC1. The van der Waals surface area contributed by atoms with E-state index in [0.29, 0.717) is 5.92 Å². The Morgan fingerprint density at radius 1 is 1.50 bits per heavy atom. The molecule has 1 saturated heterocycles. The molecule has 10 heavy (non-hydrogen) atoms. The molecule has 0 amide bonds. The molecule has 1 nitrogen and oxygen atoms in total. The van der Waals surface area contributed by atoms with Gasteiger partial charge in [0.2, 0.25) is 0 Å². The third-order valence-electron chi connectivity index (χ3n) is 2.23. The summed E-state index contributed by atoms with van der Waals surface area (Å²) in [7, 11) is 0. The molecule has 0 spiro atoms. The Balaban J connectivity index is 2.24. The molecule has 1 unspecified atom stereocenters. The molecular formula is C8H16OS. The van der Waals surface area contributed by atoms with E-state index in [-0.39, 0.29) is 6.10 Å². The van der Waals surface area contributed by atoms with E-state index in [0.717, 1.165) is 6.42 Å². The summed E-state index contributed by atoms with van der Waals surface area (Å²) < 4.78 is 0. The first-order chi connectivity index (χ1) is 4.84. The Kier molecular flexibility index (Phi) is 3.57. The van der Waals surface area contributed by atoms with E-state index in [2.05, 4.69) is 6.92 Å². The van der Waals surface area contributed by atoms with Crippen molar-refractivity contribution in [1.82, 2.24) is 0 Å². The van der Waals surface area contributed by atoms with Crippen LogP contribution in [-0.4, -0.2) is 22.7 Å². The maximum Gasteiger partial charge on any atom is 0.0566 e. The quantitative estimate of drug-likeness (QED) is 0.666. The largest absolute Gasteiger partial charge is 0.393 e. The highest BCUT2D eigenvalue weighted by Crippen LogP contribution is 2.26. The van der Waals surface area contributed by atoms with Gasteiger partial charge in [-0.2, -0.15) is 11.8 Å². The van der Waals surface area contributed by atoms with Crippen molar-refractivity contribution in [1.29, 1.82) is 0 Å². The molecule has 60 valence electrons. The van der Waals surface area contributed by atoms with Gasteiger partial charge in [0.15, 0.2) is 0 Å². The van der Waals surface area contributed by atoms with Gasteiger partial charge in [0.05, 0.1) is 6.10 Å². The smallest absolute Gasteiger partial charge is 0.0566 e. The van der Waals surface area contributed by atoms with Crippen molar-refractivity contribution in [3.05, 3.63) is 0 Å². The van der Waals surface area contributed by atoms with Gasteiger partial charge in [-0.3, -0.25) is 0 Å². The van der Waals surface area contributed by atoms with Gasteiger partial charge in [-0.05, 0) is 36.7 Å². The highest BCUT2D eigenvalue weighted by molar-refractivity contribution is 7.99. The Labute approximate surface area is 67.2 Å². The zero-order chi connectivity index (χ0) is 7.40. The predicted molar refractivity (Wildman–Crippen MR) is 46.3 cm³/mol. The van der Waals surface area contributed by atoms with E-state index in [4.69, 9.17) is 0 Å². The molecule has 1 heterocycles. The van der Waals surface area contributed by atoms with Crippen molar-refractivity contribution in [2.24, 2.45) is 5.92 Å². The van der Waals surface area contributed by atoms with E-state index in [1.54, 1.807) is 0 Å². The van der Waals surface area contributed by atoms with Crippen molar-refractivity contribution in [2.75, 3.05) is 11.5 Å². The van der Waals surface area contributed by atoms with Gasteiger partial charge in [-0.1, -0.05) is 6.92 Å². The number of hydrogen-bond acceptors (Lipinski definition) is 2. The number of aliphatic hydroxyl groups excluding tert-OH is 1. The van der Waals surface area contributed by atoms with Gasteiger partial charge < -0.3 is 5.11 Å². The van der Waals surface area contributed by atoms with Crippen LogP contribution in [0.3, 0.4) is 0 Å². The van der Waals surface area contributed by atoms with Crippen molar-refractivity contribution in [2.45, 2.75) is 32.3 Å². The van der Waals surface area contributed by atoms with Gasteiger partial charge in [0.1, 0.15) is 0 Å². The topological polar surface area (TPSA) is 20.2 Å². The zero-order valence-corrected chi connectivity index (χ0v) is 7.36. The van der Waals surface area contributed by atoms with Crippen molar-refractivity contribution >= 4 is 11.8 Å². The predicted octanol–water partition coefficient (Wildman–Crippen LogP) is 1.90. The molecule has 1 atom stereocenters. The fourth-order valence-corrected chi connectivity index (χ4v) is 2.58. The van der Waals surface area contributed by atoms with Crippen LogP contribution < -0.4 is 0 Å². The van der Waals surface area contributed by atoms with Crippen molar-refractivity contribution in [3.8, 4) is 0 Å². The monoisotopic (exact) mass is 160 g/mol. The minimum Gasteiger partial charge on any atom is -0.393 e. The number of hydrogen-bond donors (Lipinski definition) is 1. The molecule has 1 fully saturated rings. The molecular weight excluding hydrogens is 144 g/mol. The van der Waals surface area contributed by atoms with Crippen LogP contribution in [0.25, 0.3) is 0 Å². The molecule has 2 heteroatoms. The van der Waals surface area contributed by atoms with E-state index in [1.165, 1.54) is 24.3 Å². The Bertz CT molecular complexity index is 89.3. The van der Waals surface area contributed by atoms with Crippen molar-refractivity contribution < 1.29 is 5.11 Å². The summed E-state index contributed by atoms with van der Waals surface area (Å²) in [6.07, 6.45) is 3.34. The fraction of sp³-hybridized carbons (Fsp3) is 1.00. The maximum absolute atomic E-state index is 9.47. The van der Waals surface area contributed by atoms with E-state index in [9.17, 15) is 5.11 Å². The second kappa shape index (κ2) is 4.24. The summed E-state index contributed by atoms with van der Waals surface area (Å²) in [5.41, 5.74) is 0. The van der Waals surface area contributed by atoms with Gasteiger partial charge >= 0.3 is 0 Å². The first-order valence-corrected chi connectivity index (χ1v) is 5.26. The molecule has 0 aromatic heterocycles. The van der Waals surface area contributed by atoms with Crippen LogP contribution in [0.2, 0.25) is 0 Å². The Morgan fingerprint density at radius 2 is 2.10 bits per heavy atom. The summed E-state index contributed by atoms with van der Waals surface area (Å²) >= 11 is 2.02.